The van der Waals surface area contributed by atoms with Crippen LogP contribution in [-0.2, 0) is 6.67 Å². The molecule has 1 fully saturated rings. The van der Waals surface area contributed by atoms with Gasteiger partial charge in [-0.15, -0.1) is 5.10 Å². The lowest BCUT2D eigenvalue weighted by atomic mass is 10.0. The van der Waals surface area contributed by atoms with Crippen LogP contribution in [0.2, 0.25) is 0 Å². The fraction of sp³-hybridized carbons (Fsp3) is 0.500. The third-order valence-electron chi connectivity index (χ3n) is 4.18. The molecule has 1 aliphatic rings. The van der Waals surface area contributed by atoms with Crippen molar-refractivity contribution >= 4 is 12.2 Å². The van der Waals surface area contributed by atoms with Gasteiger partial charge in [-0.1, -0.05) is 6.92 Å². The first-order valence-corrected chi connectivity index (χ1v) is 8.12. The second-order valence-electron chi connectivity index (χ2n) is 6.01. The lowest BCUT2D eigenvalue weighted by Gasteiger charge is -2.27. The molecule has 1 aromatic carbocycles. The molecule has 2 atom stereocenters. The zero-order chi connectivity index (χ0) is 15.5. The van der Waals surface area contributed by atoms with Crippen LogP contribution in [0.15, 0.2) is 28.7 Å². The van der Waals surface area contributed by atoms with Gasteiger partial charge in [0, 0.05) is 11.5 Å². The zero-order valence-electron chi connectivity index (χ0n) is 13.0. The van der Waals surface area contributed by atoms with E-state index < -0.39 is 0 Å². The van der Waals surface area contributed by atoms with Crippen molar-refractivity contribution in [2.75, 3.05) is 20.2 Å². The van der Waals surface area contributed by atoms with Gasteiger partial charge in [0.05, 0.1) is 20.2 Å². The lowest BCUT2D eigenvalue weighted by Crippen LogP contribution is -3.12. The molecule has 1 aromatic heterocycles. The average Bonchev–Trinajstić information content (AvgIpc) is 2.88. The molecular formula is C16H22N3O2S+. The Balaban J connectivity index is 1.76. The number of aromatic nitrogens is 2. The molecule has 0 spiro atoms. The van der Waals surface area contributed by atoms with Crippen molar-refractivity contribution in [3.63, 3.8) is 0 Å². The fourth-order valence-electron chi connectivity index (χ4n) is 3.01. The molecule has 1 saturated heterocycles. The molecule has 2 heterocycles. The van der Waals surface area contributed by atoms with E-state index in [-0.39, 0.29) is 0 Å². The van der Waals surface area contributed by atoms with E-state index in [4.69, 9.17) is 21.4 Å². The monoisotopic (exact) mass is 320 g/mol. The van der Waals surface area contributed by atoms with Crippen molar-refractivity contribution < 1.29 is 14.1 Å². The summed E-state index contributed by atoms with van der Waals surface area (Å²) in [6.45, 7) is 5.44. The van der Waals surface area contributed by atoms with Gasteiger partial charge in [0.25, 0.3) is 4.84 Å². The van der Waals surface area contributed by atoms with Gasteiger partial charge in [-0.05, 0) is 49.3 Å². The average molecular weight is 320 g/mol. The highest BCUT2D eigenvalue weighted by molar-refractivity contribution is 7.71. The Hall–Kier alpha value is -1.66. The quantitative estimate of drug-likeness (QED) is 0.877. The SMILES string of the molecule is COc1ccc(-c2nn(C[NH+]3CCC[C@@H](C)C3)c(=S)o2)cc1. The molecular weight excluding hydrogens is 298 g/mol. The maximum Gasteiger partial charge on any atom is 0.292 e. The Morgan fingerprint density at radius 3 is 2.86 bits per heavy atom. The smallest absolute Gasteiger partial charge is 0.292 e. The Morgan fingerprint density at radius 2 is 2.18 bits per heavy atom. The molecule has 3 rings (SSSR count). The van der Waals surface area contributed by atoms with E-state index in [2.05, 4.69) is 12.0 Å². The summed E-state index contributed by atoms with van der Waals surface area (Å²) in [5.41, 5.74) is 0.910. The number of ether oxygens (including phenoxy) is 1. The second kappa shape index (κ2) is 6.62. The number of rotatable bonds is 4. The van der Waals surface area contributed by atoms with Gasteiger partial charge < -0.3 is 14.1 Å². The molecule has 0 amide bonds. The van der Waals surface area contributed by atoms with Crippen LogP contribution in [0, 0.1) is 10.8 Å². The van der Waals surface area contributed by atoms with Gasteiger partial charge in [0.1, 0.15) is 5.75 Å². The van der Waals surface area contributed by atoms with Gasteiger partial charge in [-0.25, -0.2) is 0 Å². The summed E-state index contributed by atoms with van der Waals surface area (Å²) in [5.74, 6) is 2.15. The van der Waals surface area contributed by atoms with Crippen LogP contribution in [0.1, 0.15) is 19.8 Å². The number of hydrogen-bond donors (Lipinski definition) is 1. The summed E-state index contributed by atoms with van der Waals surface area (Å²) in [6, 6.07) is 7.65. The van der Waals surface area contributed by atoms with Crippen LogP contribution in [0.3, 0.4) is 0 Å². The minimum absolute atomic E-state index is 0.441. The molecule has 5 nitrogen and oxygen atoms in total. The Labute approximate surface area is 135 Å². The summed E-state index contributed by atoms with van der Waals surface area (Å²) < 4.78 is 12.6. The minimum Gasteiger partial charge on any atom is -0.497 e. The first-order chi connectivity index (χ1) is 10.7. The number of likely N-dealkylation sites (tertiary alicyclic amines) is 1. The van der Waals surface area contributed by atoms with Gasteiger partial charge in [0.2, 0.25) is 5.89 Å². The van der Waals surface area contributed by atoms with Crippen molar-refractivity contribution in [2.24, 2.45) is 5.92 Å². The van der Waals surface area contributed by atoms with E-state index in [0.717, 1.165) is 23.9 Å². The predicted molar refractivity (Wildman–Crippen MR) is 86.4 cm³/mol. The molecule has 2 aromatic rings. The number of piperidine rings is 1. The molecule has 6 heteroatoms. The minimum atomic E-state index is 0.441. The van der Waals surface area contributed by atoms with Crippen molar-refractivity contribution in [3.8, 4) is 17.2 Å². The standard InChI is InChI=1S/C16H21N3O2S/c1-12-4-3-9-18(10-12)11-19-16(22)21-15(17-19)13-5-7-14(20-2)8-6-13/h5-8,12H,3-4,9-11H2,1-2H3/p+1/t12-/m1/s1. The molecule has 118 valence electrons. The summed E-state index contributed by atoms with van der Waals surface area (Å²) in [7, 11) is 1.65. The van der Waals surface area contributed by atoms with Crippen LogP contribution in [-0.4, -0.2) is 30.0 Å². The fourth-order valence-corrected chi connectivity index (χ4v) is 3.19. The van der Waals surface area contributed by atoms with Crippen molar-refractivity contribution in [1.82, 2.24) is 9.78 Å². The molecule has 0 radical (unpaired) electrons. The molecule has 1 unspecified atom stereocenters. The second-order valence-corrected chi connectivity index (χ2v) is 6.36. The number of methoxy groups -OCH3 is 1. The number of nitrogens with one attached hydrogen (secondary N) is 1. The summed E-state index contributed by atoms with van der Waals surface area (Å²) >= 11 is 5.32. The summed E-state index contributed by atoms with van der Waals surface area (Å²) in [6.07, 6.45) is 2.60. The van der Waals surface area contributed by atoms with Gasteiger partial charge >= 0.3 is 0 Å². The van der Waals surface area contributed by atoms with Crippen LogP contribution in [0.4, 0.5) is 0 Å². The normalized spacial score (nSPS) is 21.7. The Morgan fingerprint density at radius 1 is 1.41 bits per heavy atom. The maximum atomic E-state index is 5.66. The van der Waals surface area contributed by atoms with Crippen LogP contribution < -0.4 is 9.64 Å². The van der Waals surface area contributed by atoms with Gasteiger partial charge in [-0.2, -0.15) is 4.68 Å². The number of hydrogen-bond acceptors (Lipinski definition) is 4. The molecule has 1 aliphatic heterocycles. The molecule has 0 aliphatic carbocycles. The van der Waals surface area contributed by atoms with E-state index in [1.165, 1.54) is 30.8 Å². The molecule has 0 saturated carbocycles. The zero-order valence-corrected chi connectivity index (χ0v) is 13.9. The van der Waals surface area contributed by atoms with E-state index in [1.54, 1.807) is 7.11 Å². The summed E-state index contributed by atoms with van der Waals surface area (Å²) in [4.78, 5) is 1.96. The van der Waals surface area contributed by atoms with E-state index >= 15 is 0 Å². The maximum absolute atomic E-state index is 5.66. The van der Waals surface area contributed by atoms with Crippen LogP contribution in [0.5, 0.6) is 5.75 Å². The highest BCUT2D eigenvalue weighted by atomic mass is 32.1. The lowest BCUT2D eigenvalue weighted by molar-refractivity contribution is -0.931. The van der Waals surface area contributed by atoms with Crippen LogP contribution >= 0.6 is 12.2 Å². The van der Waals surface area contributed by atoms with Gasteiger partial charge in [-0.3, -0.25) is 0 Å². The van der Waals surface area contributed by atoms with Crippen molar-refractivity contribution in [1.29, 1.82) is 0 Å². The molecule has 0 bridgehead atoms. The molecule has 22 heavy (non-hydrogen) atoms. The first kappa shape index (κ1) is 15.2. The van der Waals surface area contributed by atoms with Crippen LogP contribution in [0.25, 0.3) is 11.5 Å². The highest BCUT2D eigenvalue weighted by Crippen LogP contribution is 2.21. The first-order valence-electron chi connectivity index (χ1n) is 7.71. The van der Waals surface area contributed by atoms with Crippen molar-refractivity contribution in [2.45, 2.75) is 26.4 Å². The van der Waals surface area contributed by atoms with E-state index in [1.807, 2.05) is 28.9 Å². The number of quaternary nitrogens is 1. The highest BCUT2D eigenvalue weighted by Gasteiger charge is 2.21. The van der Waals surface area contributed by atoms with Crippen molar-refractivity contribution in [3.05, 3.63) is 29.1 Å². The third kappa shape index (κ3) is 3.39. The predicted octanol–water partition coefficient (Wildman–Crippen LogP) is 2.15. The Kier molecular flexibility index (Phi) is 4.59. The Bertz CT molecular complexity index is 677. The summed E-state index contributed by atoms with van der Waals surface area (Å²) in [5, 5.41) is 4.54. The number of nitrogens with zero attached hydrogens (tertiary/aromatic N) is 2. The van der Waals surface area contributed by atoms with E-state index in [9.17, 15) is 0 Å². The van der Waals surface area contributed by atoms with Gasteiger partial charge in [0.15, 0.2) is 6.67 Å². The largest absolute Gasteiger partial charge is 0.497 e. The molecule has 1 N–H and O–H groups in total. The topological polar surface area (TPSA) is 44.6 Å². The number of benzene rings is 1. The third-order valence-corrected chi connectivity index (χ3v) is 4.48. The van der Waals surface area contributed by atoms with E-state index in [0.29, 0.717) is 10.7 Å².